The average molecular weight is 539 g/mol. The zero-order valence-corrected chi connectivity index (χ0v) is 22.9. The van der Waals surface area contributed by atoms with E-state index in [9.17, 15) is 28.8 Å². The van der Waals surface area contributed by atoms with E-state index in [1.165, 1.54) is 27.7 Å². The second-order valence-electron chi connectivity index (χ2n) is 8.82. The summed E-state index contributed by atoms with van der Waals surface area (Å²) < 4.78 is 19.7. The van der Waals surface area contributed by atoms with Gasteiger partial charge in [0.2, 0.25) is 11.8 Å². The van der Waals surface area contributed by atoms with Crippen LogP contribution in [0.25, 0.3) is 0 Å². The quantitative estimate of drug-likeness (QED) is 0.188. The highest BCUT2D eigenvalue weighted by atomic mass is 16.6. The van der Waals surface area contributed by atoms with Gasteiger partial charge in [-0.3, -0.25) is 9.59 Å². The van der Waals surface area contributed by atoms with Crippen LogP contribution in [0.2, 0.25) is 0 Å². The number of carbonyl (C=O) groups excluding carboxylic acids is 6. The summed E-state index contributed by atoms with van der Waals surface area (Å²) in [5.74, 6) is -3.06. The third kappa shape index (κ3) is 17.2. The molecule has 0 aromatic heterocycles. The molecule has 0 aliphatic carbocycles. The summed E-state index contributed by atoms with van der Waals surface area (Å²) in [6.45, 7) is 21.7. The van der Waals surface area contributed by atoms with Crippen LogP contribution in [-0.4, -0.2) is 73.2 Å². The molecule has 0 aliphatic rings. The maximum Gasteiger partial charge on any atom is 0.333 e. The topological polar surface area (TPSA) is 163 Å². The fraction of sp³-hybridized carbons (Fsp3) is 0.462. The normalized spacial score (nSPS) is 10.3. The van der Waals surface area contributed by atoms with Crippen molar-refractivity contribution < 1.29 is 47.7 Å². The van der Waals surface area contributed by atoms with E-state index in [4.69, 9.17) is 18.9 Å². The van der Waals surface area contributed by atoms with E-state index in [-0.39, 0.29) is 49.4 Å². The Morgan fingerprint density at radius 2 is 0.868 bits per heavy atom. The van der Waals surface area contributed by atoms with Gasteiger partial charge in [0, 0.05) is 37.1 Å². The van der Waals surface area contributed by atoms with Crippen LogP contribution < -0.4 is 10.6 Å². The predicted octanol–water partition coefficient (Wildman–Crippen LogP) is 1.46. The minimum absolute atomic E-state index is 0.137. The zero-order chi connectivity index (χ0) is 30.1. The van der Waals surface area contributed by atoms with Crippen molar-refractivity contribution in [3.8, 4) is 0 Å². The average Bonchev–Trinajstić information content (AvgIpc) is 2.82. The SMILES string of the molecule is C=C(C)C(=O)OCC(C)(COC(=O)C(=C)C)NC(C)=O.C=CC(=O)OCC(C)(COC(=O)C=C)NC(C)=O. The first-order valence-electron chi connectivity index (χ1n) is 11.2. The van der Waals surface area contributed by atoms with Gasteiger partial charge in [-0.05, 0) is 27.7 Å². The van der Waals surface area contributed by atoms with Crippen LogP contribution in [0.4, 0.5) is 0 Å². The molecule has 0 unspecified atom stereocenters. The molecule has 0 aromatic rings. The van der Waals surface area contributed by atoms with Crippen molar-refractivity contribution in [3.05, 3.63) is 49.6 Å². The Bertz CT molecular complexity index is 898. The number of esters is 4. The van der Waals surface area contributed by atoms with Crippen molar-refractivity contribution in [3.63, 3.8) is 0 Å². The van der Waals surface area contributed by atoms with E-state index in [1.807, 2.05) is 0 Å². The third-order valence-corrected chi connectivity index (χ3v) is 4.10. The fourth-order valence-corrected chi connectivity index (χ4v) is 2.35. The van der Waals surface area contributed by atoms with Crippen LogP contribution in [0.3, 0.4) is 0 Å². The van der Waals surface area contributed by atoms with Crippen LogP contribution >= 0.6 is 0 Å². The van der Waals surface area contributed by atoms with Crippen molar-refractivity contribution in [2.75, 3.05) is 26.4 Å². The molecule has 0 bridgehead atoms. The molecule has 0 rings (SSSR count). The van der Waals surface area contributed by atoms with Gasteiger partial charge < -0.3 is 29.6 Å². The van der Waals surface area contributed by atoms with Gasteiger partial charge in [-0.2, -0.15) is 0 Å². The van der Waals surface area contributed by atoms with Gasteiger partial charge in [0.25, 0.3) is 0 Å². The van der Waals surface area contributed by atoms with Crippen molar-refractivity contribution in [1.29, 1.82) is 0 Å². The molecule has 2 amide bonds. The Labute approximate surface area is 223 Å². The molecular formula is C26H38N2O10. The monoisotopic (exact) mass is 538 g/mol. The Hall–Kier alpha value is -4.22. The second kappa shape index (κ2) is 17.3. The zero-order valence-electron chi connectivity index (χ0n) is 22.9. The van der Waals surface area contributed by atoms with Crippen molar-refractivity contribution in [2.45, 2.75) is 52.6 Å². The Kier molecular flexibility index (Phi) is 16.3. The lowest BCUT2D eigenvalue weighted by atomic mass is 10.1. The fourth-order valence-electron chi connectivity index (χ4n) is 2.35. The number of hydrogen-bond donors (Lipinski definition) is 2. The summed E-state index contributed by atoms with van der Waals surface area (Å²) in [6.07, 6.45) is 2.01. The van der Waals surface area contributed by atoms with E-state index in [2.05, 4.69) is 36.9 Å². The summed E-state index contributed by atoms with van der Waals surface area (Å²) in [7, 11) is 0. The van der Waals surface area contributed by atoms with E-state index >= 15 is 0 Å². The van der Waals surface area contributed by atoms with Gasteiger partial charge in [-0.1, -0.05) is 26.3 Å². The molecule has 12 heteroatoms. The van der Waals surface area contributed by atoms with Gasteiger partial charge in [0.1, 0.15) is 37.5 Å². The maximum atomic E-state index is 11.4. The summed E-state index contributed by atoms with van der Waals surface area (Å²) in [5, 5.41) is 5.15. The van der Waals surface area contributed by atoms with Gasteiger partial charge in [0.15, 0.2) is 0 Å². The third-order valence-electron chi connectivity index (χ3n) is 4.10. The van der Waals surface area contributed by atoms with Gasteiger partial charge in [0.05, 0.1) is 0 Å². The molecular weight excluding hydrogens is 500 g/mol. The standard InChI is InChI=1S/C14H21NO5.C12H17NO5/c1-9(2)12(17)19-7-14(6,15-11(5)16)8-20-13(18)10(3)4;1-5-10(15)17-7-12(4,13-9(3)14)8-18-11(16)6-2/h1,3,7-8H2,2,4-6H3,(H,15,16);5-6H,1-2,7-8H2,3-4H3,(H,13,14). The molecule has 0 saturated heterocycles. The molecule has 212 valence electrons. The minimum Gasteiger partial charge on any atom is -0.460 e. The Morgan fingerprint density at radius 1 is 0.605 bits per heavy atom. The Morgan fingerprint density at radius 3 is 1.08 bits per heavy atom. The molecule has 2 N–H and O–H groups in total. The number of ether oxygens (including phenoxy) is 4. The first kappa shape index (κ1) is 35.9. The first-order valence-corrected chi connectivity index (χ1v) is 11.2. The highest BCUT2D eigenvalue weighted by Gasteiger charge is 2.30. The largest absolute Gasteiger partial charge is 0.460 e. The van der Waals surface area contributed by atoms with Crippen LogP contribution in [-0.2, 0) is 47.7 Å². The minimum atomic E-state index is -1.01. The van der Waals surface area contributed by atoms with Gasteiger partial charge in [-0.15, -0.1) is 0 Å². The summed E-state index contributed by atoms with van der Waals surface area (Å²) in [5.41, 5.74) is -1.52. The predicted molar refractivity (Wildman–Crippen MR) is 138 cm³/mol. The van der Waals surface area contributed by atoms with Crippen LogP contribution in [0, 0.1) is 0 Å². The number of nitrogens with one attached hydrogen (secondary N) is 2. The second-order valence-corrected chi connectivity index (χ2v) is 8.82. The van der Waals surface area contributed by atoms with Gasteiger partial charge in [-0.25, -0.2) is 19.2 Å². The molecule has 0 radical (unpaired) electrons. The van der Waals surface area contributed by atoms with Crippen LogP contribution in [0.1, 0.15) is 41.5 Å². The number of hydrogen-bond acceptors (Lipinski definition) is 10. The van der Waals surface area contributed by atoms with E-state index in [0.29, 0.717) is 0 Å². The molecule has 0 aliphatic heterocycles. The lowest BCUT2D eigenvalue weighted by molar-refractivity contribution is -0.148. The van der Waals surface area contributed by atoms with Crippen molar-refractivity contribution in [1.82, 2.24) is 10.6 Å². The Balaban J connectivity index is 0. The molecule has 0 saturated carbocycles. The molecule has 38 heavy (non-hydrogen) atoms. The van der Waals surface area contributed by atoms with Crippen LogP contribution in [0.5, 0.6) is 0 Å². The summed E-state index contributed by atoms with van der Waals surface area (Å²) >= 11 is 0. The van der Waals surface area contributed by atoms with Crippen molar-refractivity contribution >= 4 is 35.7 Å². The van der Waals surface area contributed by atoms with Crippen molar-refractivity contribution in [2.24, 2.45) is 0 Å². The van der Waals surface area contributed by atoms with E-state index in [1.54, 1.807) is 13.8 Å². The molecule has 0 atom stereocenters. The maximum absolute atomic E-state index is 11.4. The first-order chi connectivity index (χ1) is 17.4. The summed E-state index contributed by atoms with van der Waals surface area (Å²) in [6, 6.07) is 0. The molecule has 0 aromatic carbocycles. The highest BCUT2D eigenvalue weighted by Crippen LogP contribution is 2.09. The molecule has 0 spiro atoms. The number of amides is 2. The van der Waals surface area contributed by atoms with E-state index in [0.717, 1.165) is 12.2 Å². The smallest absolute Gasteiger partial charge is 0.333 e. The highest BCUT2D eigenvalue weighted by molar-refractivity contribution is 5.87. The lowest BCUT2D eigenvalue weighted by Gasteiger charge is -2.29. The lowest BCUT2D eigenvalue weighted by Crippen LogP contribution is -2.53. The number of rotatable bonds is 14. The summed E-state index contributed by atoms with van der Waals surface area (Å²) in [4.78, 5) is 66.9. The van der Waals surface area contributed by atoms with E-state index < -0.39 is 35.0 Å². The van der Waals surface area contributed by atoms with Gasteiger partial charge >= 0.3 is 23.9 Å². The number of carbonyl (C=O) groups is 6. The molecule has 0 heterocycles. The molecule has 12 nitrogen and oxygen atoms in total. The molecule has 0 fully saturated rings. The van der Waals surface area contributed by atoms with Crippen LogP contribution in [0.15, 0.2) is 49.6 Å².